The van der Waals surface area contributed by atoms with Gasteiger partial charge in [0.2, 0.25) is 5.91 Å². The molecule has 7 rings (SSSR count). The minimum absolute atomic E-state index is 0.0560. The number of hydrogen-bond acceptors (Lipinski definition) is 8. The van der Waals surface area contributed by atoms with Crippen molar-refractivity contribution < 1.29 is 18.3 Å². The van der Waals surface area contributed by atoms with Crippen LogP contribution in [0.25, 0.3) is 16.5 Å². The lowest BCUT2D eigenvalue weighted by atomic mass is 9.93. The number of carbonyl (C=O) groups is 1. The van der Waals surface area contributed by atoms with Crippen molar-refractivity contribution in [3.05, 3.63) is 59.1 Å². The first-order valence-electron chi connectivity index (χ1n) is 13.0. The highest BCUT2D eigenvalue weighted by Crippen LogP contribution is 2.38. The highest BCUT2D eigenvalue weighted by molar-refractivity contribution is 5.95. The van der Waals surface area contributed by atoms with Crippen LogP contribution in [0, 0.1) is 11.6 Å². The maximum atomic E-state index is 16.4. The fourth-order valence-electron chi connectivity index (χ4n) is 5.82. The number of nitrogens with one attached hydrogen (secondary N) is 2. The number of halogens is 2. The van der Waals surface area contributed by atoms with Crippen molar-refractivity contribution >= 4 is 28.2 Å². The van der Waals surface area contributed by atoms with E-state index >= 15 is 8.78 Å². The van der Waals surface area contributed by atoms with Crippen LogP contribution in [0.3, 0.4) is 0 Å². The normalized spacial score (nSPS) is 23.9. The Labute approximate surface area is 217 Å². The molecule has 4 aliphatic rings. The average molecular weight is 520 g/mol. The molecule has 6 heterocycles. The molecule has 11 heteroatoms. The first-order chi connectivity index (χ1) is 18.5. The van der Waals surface area contributed by atoms with E-state index in [4.69, 9.17) is 4.74 Å². The number of anilines is 1. The van der Waals surface area contributed by atoms with Crippen LogP contribution in [0.5, 0.6) is 6.01 Å². The second-order valence-corrected chi connectivity index (χ2v) is 10.2. The maximum absolute atomic E-state index is 16.4. The largest absolute Gasteiger partial charge is 0.464 e. The zero-order valence-electron chi connectivity index (χ0n) is 20.9. The van der Waals surface area contributed by atoms with Gasteiger partial charge >= 0.3 is 6.01 Å². The van der Waals surface area contributed by atoms with E-state index in [0.717, 1.165) is 25.9 Å². The van der Waals surface area contributed by atoms with E-state index in [1.807, 2.05) is 6.92 Å². The van der Waals surface area contributed by atoms with E-state index in [2.05, 4.69) is 30.5 Å². The van der Waals surface area contributed by atoms with Gasteiger partial charge in [-0.1, -0.05) is 12.1 Å². The van der Waals surface area contributed by atoms with E-state index in [1.54, 1.807) is 18.3 Å². The third-order valence-electron chi connectivity index (χ3n) is 7.67. The van der Waals surface area contributed by atoms with E-state index in [-0.39, 0.29) is 46.9 Å². The Morgan fingerprint density at radius 3 is 2.71 bits per heavy atom. The standard InChI is InChI=1S/C27H27F2N7O2/c1-2-38-27-33-24-17(25(34-27)35-11-15-6-7-16(12-35)32-15)8-31-23(22(24)29)18-13-36(26(37)20-9-30-20)10-14-4-3-5-19(28)21(14)18/h3-5,8,13,15-16,20,30,32H,2,6-7,9-12H2,1H3. The Hall–Kier alpha value is -3.70. The summed E-state index contributed by atoms with van der Waals surface area (Å²) < 4.78 is 37.2. The summed E-state index contributed by atoms with van der Waals surface area (Å²) in [7, 11) is 0. The molecule has 0 saturated carbocycles. The topological polar surface area (TPSA) is 105 Å². The molecule has 3 fully saturated rings. The molecule has 1 aromatic carbocycles. The van der Waals surface area contributed by atoms with Crippen molar-refractivity contribution in [2.24, 2.45) is 0 Å². The molecule has 0 aliphatic carbocycles. The molecule has 9 nitrogen and oxygen atoms in total. The van der Waals surface area contributed by atoms with Gasteiger partial charge in [0.05, 0.1) is 24.6 Å². The number of ether oxygens (including phenoxy) is 1. The number of nitrogens with zero attached hydrogens (tertiary/aromatic N) is 5. The van der Waals surface area contributed by atoms with Gasteiger partial charge in [0.15, 0.2) is 5.82 Å². The van der Waals surface area contributed by atoms with E-state index in [1.165, 1.54) is 17.2 Å². The molecule has 3 unspecified atom stereocenters. The second kappa shape index (κ2) is 8.95. The van der Waals surface area contributed by atoms with Crippen LogP contribution in [0.15, 0.2) is 30.6 Å². The number of benzene rings is 1. The summed E-state index contributed by atoms with van der Waals surface area (Å²) in [5.74, 6) is -0.767. The maximum Gasteiger partial charge on any atom is 0.319 e. The fraction of sp³-hybridized carbons (Fsp3) is 0.407. The van der Waals surface area contributed by atoms with E-state index < -0.39 is 11.6 Å². The zero-order chi connectivity index (χ0) is 26.0. The summed E-state index contributed by atoms with van der Waals surface area (Å²) in [6.45, 7) is 4.42. The molecule has 38 heavy (non-hydrogen) atoms. The molecule has 196 valence electrons. The molecule has 0 radical (unpaired) electrons. The van der Waals surface area contributed by atoms with Gasteiger partial charge < -0.3 is 25.2 Å². The van der Waals surface area contributed by atoms with Crippen molar-refractivity contribution in [3.63, 3.8) is 0 Å². The number of aromatic nitrogens is 3. The van der Waals surface area contributed by atoms with Crippen molar-refractivity contribution in [1.29, 1.82) is 0 Å². The van der Waals surface area contributed by atoms with Crippen LogP contribution >= 0.6 is 0 Å². The second-order valence-electron chi connectivity index (χ2n) is 10.2. The van der Waals surface area contributed by atoms with Gasteiger partial charge in [0.25, 0.3) is 0 Å². The number of rotatable bonds is 5. The molecule has 1 amide bonds. The van der Waals surface area contributed by atoms with Crippen LogP contribution in [0.1, 0.15) is 36.6 Å². The van der Waals surface area contributed by atoms with Gasteiger partial charge in [-0.25, -0.2) is 8.78 Å². The lowest BCUT2D eigenvalue weighted by molar-refractivity contribution is -0.128. The van der Waals surface area contributed by atoms with Crippen molar-refractivity contribution in [2.45, 2.75) is 44.4 Å². The number of piperazine rings is 1. The molecule has 2 N–H and O–H groups in total. The minimum Gasteiger partial charge on any atom is -0.464 e. The quantitative estimate of drug-likeness (QED) is 0.495. The van der Waals surface area contributed by atoms with Gasteiger partial charge in [0, 0.05) is 55.3 Å². The molecule has 3 aromatic rings. The van der Waals surface area contributed by atoms with Gasteiger partial charge in [-0.05, 0) is 31.4 Å². The lowest BCUT2D eigenvalue weighted by Crippen LogP contribution is -2.51. The van der Waals surface area contributed by atoms with Crippen molar-refractivity contribution in [2.75, 3.05) is 31.1 Å². The van der Waals surface area contributed by atoms with Gasteiger partial charge in [0.1, 0.15) is 22.8 Å². The zero-order valence-corrected chi connectivity index (χ0v) is 20.9. The number of hydrogen-bond donors (Lipinski definition) is 2. The molecule has 2 bridgehead atoms. The van der Waals surface area contributed by atoms with Crippen molar-refractivity contribution in [1.82, 2.24) is 30.5 Å². The summed E-state index contributed by atoms with van der Waals surface area (Å²) >= 11 is 0. The predicted octanol–water partition coefficient (Wildman–Crippen LogP) is 2.35. The molecule has 3 saturated heterocycles. The Kier molecular flexibility index (Phi) is 5.52. The Morgan fingerprint density at radius 1 is 1.18 bits per heavy atom. The SMILES string of the molecule is CCOc1nc(N2CC3CCC(C2)N3)c2cnc(C3=CN(C(=O)C4CN4)Cc4cccc(F)c43)c(F)c2n1. The Morgan fingerprint density at radius 2 is 1.97 bits per heavy atom. The molecule has 2 aromatic heterocycles. The van der Waals surface area contributed by atoms with E-state index in [0.29, 0.717) is 42.0 Å². The van der Waals surface area contributed by atoms with Crippen molar-refractivity contribution in [3.8, 4) is 6.01 Å². The average Bonchev–Trinajstić information content (AvgIpc) is 3.72. The van der Waals surface area contributed by atoms with Crippen LogP contribution in [0.2, 0.25) is 0 Å². The molecule has 3 atom stereocenters. The summed E-state index contributed by atoms with van der Waals surface area (Å²) in [6.07, 6.45) is 5.23. The number of fused-ring (bicyclic) bond motifs is 4. The van der Waals surface area contributed by atoms with Crippen LogP contribution in [-0.2, 0) is 11.3 Å². The van der Waals surface area contributed by atoms with Crippen LogP contribution < -0.4 is 20.3 Å². The summed E-state index contributed by atoms with van der Waals surface area (Å²) in [5, 5.41) is 7.06. The third kappa shape index (κ3) is 3.88. The predicted molar refractivity (Wildman–Crippen MR) is 136 cm³/mol. The van der Waals surface area contributed by atoms with Gasteiger partial charge in [-0.2, -0.15) is 9.97 Å². The Bertz CT molecular complexity index is 1480. The number of carbonyl (C=O) groups excluding carboxylic acids is 1. The van der Waals surface area contributed by atoms with Crippen LogP contribution in [0.4, 0.5) is 14.6 Å². The lowest BCUT2D eigenvalue weighted by Gasteiger charge is -2.34. The number of amides is 1. The molecule has 0 spiro atoms. The monoisotopic (exact) mass is 519 g/mol. The Balaban J connectivity index is 1.38. The molecular formula is C27H27F2N7O2. The van der Waals surface area contributed by atoms with Gasteiger partial charge in [-0.3, -0.25) is 9.78 Å². The van der Waals surface area contributed by atoms with E-state index in [9.17, 15) is 4.79 Å². The minimum atomic E-state index is -0.704. The molecular weight excluding hydrogens is 492 g/mol. The molecule has 4 aliphatic heterocycles. The summed E-state index contributed by atoms with van der Waals surface area (Å²) in [6, 6.07) is 5.17. The summed E-state index contributed by atoms with van der Waals surface area (Å²) in [5.41, 5.74) is 1.02. The first-order valence-corrected chi connectivity index (χ1v) is 13.0. The highest BCUT2D eigenvalue weighted by Gasteiger charge is 2.37. The summed E-state index contributed by atoms with van der Waals surface area (Å²) in [4.78, 5) is 30.0. The van der Waals surface area contributed by atoms with Gasteiger partial charge in [-0.15, -0.1) is 0 Å². The fourth-order valence-corrected chi connectivity index (χ4v) is 5.82. The highest BCUT2D eigenvalue weighted by atomic mass is 19.1. The number of pyridine rings is 1. The smallest absolute Gasteiger partial charge is 0.319 e. The third-order valence-corrected chi connectivity index (χ3v) is 7.67. The first kappa shape index (κ1) is 23.4. The van der Waals surface area contributed by atoms with Crippen LogP contribution in [-0.4, -0.2) is 70.1 Å².